The van der Waals surface area contributed by atoms with Gasteiger partial charge in [0.2, 0.25) is 5.91 Å². The smallest absolute Gasteiger partial charge is 0.318 e. The Hall–Kier alpha value is -3.67. The van der Waals surface area contributed by atoms with Gasteiger partial charge in [0.1, 0.15) is 5.82 Å². The van der Waals surface area contributed by atoms with Gasteiger partial charge < -0.3 is 15.5 Å². The van der Waals surface area contributed by atoms with Crippen LogP contribution in [0.4, 0.5) is 9.18 Å². The summed E-state index contributed by atoms with van der Waals surface area (Å²) < 4.78 is 13.9. The lowest BCUT2D eigenvalue weighted by atomic mass is 9.88. The van der Waals surface area contributed by atoms with Gasteiger partial charge in [0.25, 0.3) is 0 Å². The number of benzene rings is 3. The number of carbonyl (C=O) groups excluding carboxylic acids is 2. The number of amides is 3. The van der Waals surface area contributed by atoms with Crippen LogP contribution in [-0.2, 0) is 17.9 Å². The molecule has 6 heteroatoms. The first-order chi connectivity index (χ1) is 16.1. The molecule has 3 amide bonds. The first-order valence-corrected chi connectivity index (χ1v) is 11.3. The van der Waals surface area contributed by atoms with Crippen molar-refractivity contribution in [2.24, 2.45) is 5.92 Å². The zero-order valence-electron chi connectivity index (χ0n) is 18.4. The van der Waals surface area contributed by atoms with E-state index in [9.17, 15) is 14.0 Å². The lowest BCUT2D eigenvalue weighted by molar-refractivity contribution is -0.127. The van der Waals surface area contributed by atoms with Crippen molar-refractivity contribution in [1.29, 1.82) is 0 Å². The van der Waals surface area contributed by atoms with Crippen molar-refractivity contribution in [3.05, 3.63) is 107 Å². The summed E-state index contributed by atoms with van der Waals surface area (Å²) in [6, 6.07) is 25.7. The summed E-state index contributed by atoms with van der Waals surface area (Å²) in [6.45, 7) is 0.857. The molecule has 2 unspecified atom stereocenters. The summed E-state index contributed by atoms with van der Waals surface area (Å²) in [4.78, 5) is 27.8. The Bertz CT molecular complexity index is 1070. The monoisotopic (exact) mass is 445 g/mol. The van der Waals surface area contributed by atoms with Crippen LogP contribution in [0.15, 0.2) is 84.9 Å². The van der Waals surface area contributed by atoms with E-state index in [2.05, 4.69) is 10.6 Å². The number of carbonyl (C=O) groups is 2. The zero-order chi connectivity index (χ0) is 23.0. The van der Waals surface area contributed by atoms with E-state index < -0.39 is 0 Å². The van der Waals surface area contributed by atoms with Gasteiger partial charge in [0, 0.05) is 25.2 Å². The zero-order valence-corrected chi connectivity index (χ0v) is 18.4. The maximum atomic E-state index is 13.9. The summed E-state index contributed by atoms with van der Waals surface area (Å²) in [7, 11) is 0. The minimum Gasteiger partial charge on any atom is -0.352 e. The Morgan fingerprint density at radius 2 is 1.48 bits per heavy atom. The number of nitrogens with one attached hydrogen (secondary N) is 2. The standard InChI is InChI=1S/C27H28FN3O2/c28-24-14-8-7-13-22(24)18-29-26(32)23-15-16-25(21-11-5-2-6-12-21)31(19-23)27(33)30-17-20-9-3-1-4-10-20/h1-14,23,25H,15-19H2,(H,29,32)(H,30,33). The van der Waals surface area contributed by atoms with E-state index in [4.69, 9.17) is 0 Å². The van der Waals surface area contributed by atoms with Crippen LogP contribution in [0.3, 0.4) is 0 Å². The summed E-state index contributed by atoms with van der Waals surface area (Å²) in [5.41, 5.74) is 2.51. The molecule has 0 radical (unpaired) electrons. The fourth-order valence-corrected chi connectivity index (χ4v) is 4.27. The van der Waals surface area contributed by atoms with Gasteiger partial charge in [-0.2, -0.15) is 0 Å². The van der Waals surface area contributed by atoms with Crippen LogP contribution >= 0.6 is 0 Å². The van der Waals surface area contributed by atoms with E-state index >= 15 is 0 Å². The van der Waals surface area contributed by atoms with E-state index in [1.807, 2.05) is 60.7 Å². The number of piperidine rings is 1. The molecule has 0 aliphatic carbocycles. The van der Waals surface area contributed by atoms with E-state index in [0.29, 0.717) is 31.5 Å². The van der Waals surface area contributed by atoms with Crippen molar-refractivity contribution < 1.29 is 14.0 Å². The largest absolute Gasteiger partial charge is 0.352 e. The second-order valence-electron chi connectivity index (χ2n) is 8.31. The van der Waals surface area contributed by atoms with Crippen molar-refractivity contribution in [1.82, 2.24) is 15.5 Å². The van der Waals surface area contributed by atoms with Crippen LogP contribution < -0.4 is 10.6 Å². The van der Waals surface area contributed by atoms with E-state index in [1.54, 1.807) is 23.1 Å². The Labute approximate surface area is 193 Å². The molecule has 0 bridgehead atoms. The maximum absolute atomic E-state index is 13.9. The average Bonchev–Trinajstić information content (AvgIpc) is 2.87. The lowest BCUT2D eigenvalue weighted by Gasteiger charge is -2.39. The third-order valence-electron chi connectivity index (χ3n) is 6.10. The van der Waals surface area contributed by atoms with Crippen molar-refractivity contribution in [3.8, 4) is 0 Å². The van der Waals surface area contributed by atoms with Crippen molar-refractivity contribution in [2.75, 3.05) is 6.54 Å². The van der Waals surface area contributed by atoms with Gasteiger partial charge in [-0.05, 0) is 30.0 Å². The van der Waals surface area contributed by atoms with Crippen molar-refractivity contribution in [3.63, 3.8) is 0 Å². The predicted octanol–water partition coefficient (Wildman–Crippen LogP) is 4.81. The Kier molecular flexibility index (Phi) is 7.35. The molecule has 1 aliphatic heterocycles. The first kappa shape index (κ1) is 22.5. The van der Waals surface area contributed by atoms with Gasteiger partial charge in [-0.3, -0.25) is 4.79 Å². The number of likely N-dealkylation sites (tertiary alicyclic amines) is 1. The van der Waals surface area contributed by atoms with Gasteiger partial charge in [-0.25, -0.2) is 9.18 Å². The molecule has 4 rings (SSSR count). The number of urea groups is 1. The van der Waals surface area contributed by atoms with E-state index in [0.717, 1.165) is 11.1 Å². The molecule has 0 aromatic heterocycles. The molecule has 1 fully saturated rings. The van der Waals surface area contributed by atoms with Gasteiger partial charge in [-0.15, -0.1) is 0 Å². The molecule has 2 atom stereocenters. The third kappa shape index (κ3) is 5.77. The molecule has 1 aliphatic rings. The topological polar surface area (TPSA) is 61.4 Å². The number of hydrogen-bond donors (Lipinski definition) is 2. The molecule has 1 heterocycles. The van der Waals surface area contributed by atoms with E-state index in [-0.39, 0.29) is 36.3 Å². The highest BCUT2D eigenvalue weighted by Gasteiger charge is 2.35. The van der Waals surface area contributed by atoms with Crippen LogP contribution in [0.2, 0.25) is 0 Å². The third-order valence-corrected chi connectivity index (χ3v) is 6.10. The summed E-state index contributed by atoms with van der Waals surface area (Å²) >= 11 is 0. The molecule has 5 nitrogen and oxygen atoms in total. The second kappa shape index (κ2) is 10.8. The highest BCUT2D eigenvalue weighted by atomic mass is 19.1. The summed E-state index contributed by atoms with van der Waals surface area (Å²) in [5.74, 6) is -0.850. The molecule has 0 spiro atoms. The minimum absolute atomic E-state index is 0.0995. The molecular formula is C27H28FN3O2. The Balaban J connectivity index is 1.44. The van der Waals surface area contributed by atoms with Gasteiger partial charge >= 0.3 is 6.03 Å². The minimum atomic E-state index is -0.348. The number of nitrogens with zero attached hydrogens (tertiary/aromatic N) is 1. The molecule has 3 aromatic rings. The van der Waals surface area contributed by atoms with Crippen LogP contribution in [0.1, 0.15) is 35.6 Å². The van der Waals surface area contributed by atoms with Crippen molar-refractivity contribution in [2.45, 2.75) is 32.0 Å². The number of hydrogen-bond acceptors (Lipinski definition) is 2. The van der Waals surface area contributed by atoms with Gasteiger partial charge in [0.15, 0.2) is 0 Å². The first-order valence-electron chi connectivity index (χ1n) is 11.3. The highest BCUT2D eigenvalue weighted by molar-refractivity contribution is 5.81. The number of halogens is 1. The molecule has 33 heavy (non-hydrogen) atoms. The van der Waals surface area contributed by atoms with Gasteiger partial charge in [-0.1, -0.05) is 78.9 Å². The van der Waals surface area contributed by atoms with Gasteiger partial charge in [0.05, 0.1) is 12.0 Å². The van der Waals surface area contributed by atoms with Crippen LogP contribution in [0, 0.1) is 11.7 Å². The lowest BCUT2D eigenvalue weighted by Crippen LogP contribution is -2.50. The SMILES string of the molecule is O=C(NCc1ccccc1F)C1CCC(c2ccccc2)N(C(=O)NCc2ccccc2)C1. The normalized spacial score (nSPS) is 17.9. The molecule has 1 saturated heterocycles. The fraction of sp³-hybridized carbons (Fsp3) is 0.259. The van der Waals surface area contributed by atoms with E-state index in [1.165, 1.54) is 6.07 Å². The summed E-state index contributed by atoms with van der Waals surface area (Å²) in [6.07, 6.45) is 1.34. The second-order valence-corrected chi connectivity index (χ2v) is 8.31. The maximum Gasteiger partial charge on any atom is 0.318 e. The molecule has 170 valence electrons. The molecule has 2 N–H and O–H groups in total. The van der Waals surface area contributed by atoms with Crippen LogP contribution in [0.25, 0.3) is 0 Å². The highest BCUT2D eigenvalue weighted by Crippen LogP contribution is 2.33. The average molecular weight is 446 g/mol. The molecule has 0 saturated carbocycles. The summed E-state index contributed by atoms with van der Waals surface area (Å²) in [5, 5.41) is 5.84. The Morgan fingerprint density at radius 3 is 2.21 bits per heavy atom. The number of rotatable bonds is 6. The molecular weight excluding hydrogens is 417 g/mol. The Morgan fingerprint density at radius 1 is 0.818 bits per heavy atom. The fourth-order valence-electron chi connectivity index (χ4n) is 4.27. The molecule has 3 aromatic carbocycles. The van der Waals surface area contributed by atoms with Crippen molar-refractivity contribution >= 4 is 11.9 Å². The van der Waals surface area contributed by atoms with Crippen LogP contribution in [-0.4, -0.2) is 23.4 Å². The van der Waals surface area contributed by atoms with Crippen LogP contribution in [0.5, 0.6) is 0 Å². The quantitative estimate of drug-likeness (QED) is 0.572. The predicted molar refractivity (Wildman–Crippen MR) is 126 cm³/mol.